The third-order valence-electron chi connectivity index (χ3n) is 3.08. The van der Waals surface area contributed by atoms with Gasteiger partial charge in [0.1, 0.15) is 0 Å². The van der Waals surface area contributed by atoms with E-state index in [0.29, 0.717) is 0 Å². The number of hydrogen-bond donors (Lipinski definition) is 4. The molecule has 3 fully saturated rings. The third-order valence-corrected chi connectivity index (χ3v) is 9.56. The standard InChI is InChI=1S/C6H13N2O7P3/c9-17(10)13-16(14-18(11,12)15-17)7-5-3-1-2-4-6(5)8-16/h5-8H,1-4H2,(H-,9,10,11,12)/p+1/t5-,6-/m0/s1. The fourth-order valence-corrected chi connectivity index (χ4v) is 9.32. The number of rotatable bonds is 0. The molecule has 4 N–H and O–H groups in total. The van der Waals surface area contributed by atoms with Gasteiger partial charge in [0.15, 0.2) is 0 Å². The van der Waals surface area contributed by atoms with Gasteiger partial charge in [-0.15, -0.1) is 10.2 Å². The maximum absolute atomic E-state index is 11.5. The number of fused-ring (bicyclic) bond motifs is 1. The normalized spacial score (nSPS) is 56.6. The van der Waals surface area contributed by atoms with E-state index >= 15 is 0 Å². The molecule has 4 atom stereocenters. The molecule has 1 saturated carbocycles. The van der Waals surface area contributed by atoms with Gasteiger partial charge in [0.25, 0.3) is 0 Å². The Hall–Kier alpha value is 0.610. The van der Waals surface area contributed by atoms with Crippen LogP contribution in [0.15, 0.2) is 0 Å². The summed E-state index contributed by atoms with van der Waals surface area (Å²) in [5.41, 5.74) is 0. The van der Waals surface area contributed by atoms with Gasteiger partial charge in [0.2, 0.25) is 0 Å². The molecule has 12 heteroatoms. The number of phosphoric acid groups is 2. The van der Waals surface area contributed by atoms with Crippen LogP contribution in [0, 0.1) is 0 Å². The summed E-state index contributed by atoms with van der Waals surface area (Å²) in [5.74, 6) is 0. The van der Waals surface area contributed by atoms with E-state index in [1.165, 1.54) is 0 Å². The Balaban J connectivity index is 1.87. The minimum Gasteiger partial charge on any atom is -0.300 e. The average molecular weight is 319 g/mol. The second-order valence-corrected chi connectivity index (χ2v) is 9.94. The van der Waals surface area contributed by atoms with E-state index in [2.05, 4.69) is 14.5 Å². The van der Waals surface area contributed by atoms with Gasteiger partial charge in [-0.2, -0.15) is 4.31 Å². The van der Waals surface area contributed by atoms with Crippen molar-refractivity contribution in [3.05, 3.63) is 0 Å². The summed E-state index contributed by atoms with van der Waals surface area (Å²) in [6, 6.07) is 0.0374. The van der Waals surface area contributed by atoms with Crippen molar-refractivity contribution in [2.45, 2.75) is 37.8 Å². The zero-order valence-corrected chi connectivity index (χ0v) is 11.9. The fourth-order valence-electron chi connectivity index (χ4n) is 2.47. The lowest BCUT2D eigenvalue weighted by Crippen LogP contribution is -2.36. The Morgan fingerprint density at radius 2 is 1.44 bits per heavy atom. The van der Waals surface area contributed by atoms with Crippen LogP contribution >= 0.6 is 23.7 Å². The lowest BCUT2D eigenvalue weighted by molar-refractivity contribution is 0.197. The Bertz CT molecular complexity index is 418. The van der Waals surface area contributed by atoms with Crippen molar-refractivity contribution in [2.75, 3.05) is 0 Å². The molecule has 2 unspecified atom stereocenters. The van der Waals surface area contributed by atoms with E-state index < -0.39 is 23.7 Å². The van der Waals surface area contributed by atoms with Gasteiger partial charge in [-0.05, 0) is 12.8 Å². The minimum atomic E-state index is -4.59. The summed E-state index contributed by atoms with van der Waals surface area (Å²) >= 11 is 0. The fraction of sp³-hybridized carbons (Fsp3) is 1.00. The molecule has 0 aromatic heterocycles. The van der Waals surface area contributed by atoms with Crippen LogP contribution in [0.1, 0.15) is 25.7 Å². The van der Waals surface area contributed by atoms with Crippen LogP contribution < -0.4 is 10.2 Å². The molecule has 3 rings (SSSR count). The van der Waals surface area contributed by atoms with Crippen LogP contribution in [0.25, 0.3) is 0 Å². The average Bonchev–Trinajstić information content (AvgIpc) is 2.48. The van der Waals surface area contributed by atoms with Gasteiger partial charge in [0, 0.05) is 0 Å². The molecule has 2 aliphatic heterocycles. The van der Waals surface area contributed by atoms with Crippen LogP contribution in [0.5, 0.6) is 0 Å². The van der Waals surface area contributed by atoms with Crippen LogP contribution in [-0.4, -0.2) is 21.9 Å². The smallest absolute Gasteiger partial charge is 0.300 e. The van der Waals surface area contributed by atoms with E-state index in [1.54, 1.807) is 0 Å². The van der Waals surface area contributed by atoms with Crippen molar-refractivity contribution < 1.29 is 31.8 Å². The van der Waals surface area contributed by atoms with E-state index in [0.717, 1.165) is 25.7 Å². The van der Waals surface area contributed by atoms with Crippen molar-refractivity contribution >= 4 is 23.7 Å². The highest BCUT2D eigenvalue weighted by atomic mass is 31.3. The second-order valence-electron chi connectivity index (χ2n) is 4.49. The van der Waals surface area contributed by atoms with E-state index in [4.69, 9.17) is 8.62 Å². The van der Waals surface area contributed by atoms with Crippen LogP contribution in [0.4, 0.5) is 0 Å². The Morgan fingerprint density at radius 1 is 1.00 bits per heavy atom. The molecule has 0 radical (unpaired) electrons. The highest BCUT2D eigenvalue weighted by Gasteiger charge is 2.69. The van der Waals surface area contributed by atoms with Crippen molar-refractivity contribution in [3.8, 4) is 0 Å². The largest absolute Gasteiger partial charge is 0.520 e. The van der Waals surface area contributed by atoms with E-state index in [1.807, 2.05) is 0 Å². The molecule has 2 saturated heterocycles. The van der Waals surface area contributed by atoms with Gasteiger partial charge in [0.05, 0.1) is 12.1 Å². The van der Waals surface area contributed by atoms with Crippen LogP contribution in [0.3, 0.4) is 0 Å². The zero-order chi connectivity index (χ0) is 13.0. The van der Waals surface area contributed by atoms with Crippen LogP contribution in [-0.2, 0) is 22.1 Å². The molecule has 0 aromatic carbocycles. The molecule has 104 valence electrons. The molecule has 9 nitrogen and oxygen atoms in total. The molecular formula is C6H14N2O7P3+. The van der Waals surface area contributed by atoms with Gasteiger partial charge < -0.3 is 0 Å². The first-order valence-corrected chi connectivity index (χ1v) is 10.2. The molecule has 0 bridgehead atoms. The first-order valence-electron chi connectivity index (χ1n) is 5.53. The summed E-state index contributed by atoms with van der Waals surface area (Å²) in [5, 5.41) is 5.86. The Kier molecular flexibility index (Phi) is 3.25. The van der Waals surface area contributed by atoms with E-state index in [9.17, 15) is 18.9 Å². The lowest BCUT2D eigenvalue weighted by atomic mass is 9.92. The minimum absolute atomic E-state index is 0.0187. The molecule has 1 aliphatic carbocycles. The maximum atomic E-state index is 11.5. The maximum Gasteiger partial charge on any atom is 0.520 e. The summed E-state index contributed by atoms with van der Waals surface area (Å²) < 4.78 is 36.7. The molecular weight excluding hydrogens is 305 g/mol. The Morgan fingerprint density at radius 3 is 1.89 bits per heavy atom. The van der Waals surface area contributed by atoms with Gasteiger partial charge in [-0.3, -0.25) is 9.79 Å². The third kappa shape index (κ3) is 2.58. The van der Waals surface area contributed by atoms with Gasteiger partial charge in [-0.25, -0.2) is 9.13 Å². The highest BCUT2D eigenvalue weighted by molar-refractivity contribution is 7.80. The first kappa shape index (κ1) is 13.6. The number of hydrogen-bond acceptors (Lipinski definition) is 7. The predicted octanol–water partition coefficient (Wildman–Crippen LogP) is 1.43. The summed E-state index contributed by atoms with van der Waals surface area (Å²) in [6.07, 6.45) is 3.77. The first-order chi connectivity index (χ1) is 8.29. The van der Waals surface area contributed by atoms with Crippen molar-refractivity contribution in [1.29, 1.82) is 0 Å². The monoisotopic (exact) mass is 319 g/mol. The SMILES string of the molecule is O=P1(O)OP(=O)(O)O[P+]2(N[C@H]3CCCC[C@@H]3N2)O1. The second kappa shape index (κ2) is 4.30. The lowest BCUT2D eigenvalue weighted by Gasteiger charge is -2.26. The predicted molar refractivity (Wildman–Crippen MR) is 62.1 cm³/mol. The molecule has 1 spiro atoms. The van der Waals surface area contributed by atoms with E-state index in [-0.39, 0.29) is 12.1 Å². The Labute approximate surface area is 104 Å². The highest BCUT2D eigenvalue weighted by Crippen LogP contribution is 2.83. The van der Waals surface area contributed by atoms with Gasteiger partial charge in [-0.1, -0.05) is 21.5 Å². The zero-order valence-electron chi connectivity index (χ0n) is 9.26. The topological polar surface area (TPSA) is 126 Å². The number of nitrogens with one attached hydrogen (secondary N) is 2. The molecule has 2 heterocycles. The van der Waals surface area contributed by atoms with Crippen molar-refractivity contribution in [2.24, 2.45) is 0 Å². The molecule has 18 heavy (non-hydrogen) atoms. The quantitative estimate of drug-likeness (QED) is 0.490. The summed E-state index contributed by atoms with van der Waals surface area (Å²) in [7, 11) is -12.4. The van der Waals surface area contributed by atoms with Crippen LogP contribution in [0.2, 0.25) is 0 Å². The molecule has 3 aliphatic rings. The van der Waals surface area contributed by atoms with Crippen molar-refractivity contribution in [1.82, 2.24) is 10.2 Å². The van der Waals surface area contributed by atoms with Gasteiger partial charge >= 0.3 is 23.7 Å². The molecule has 0 amide bonds. The van der Waals surface area contributed by atoms with Crippen molar-refractivity contribution in [3.63, 3.8) is 0 Å². The summed E-state index contributed by atoms with van der Waals surface area (Å²) in [6.45, 7) is 0. The molecule has 0 aromatic rings. The summed E-state index contributed by atoms with van der Waals surface area (Å²) in [4.78, 5) is 18.6.